The van der Waals surface area contributed by atoms with E-state index >= 15 is 0 Å². The number of anilines is 1. The molecule has 0 aliphatic carbocycles. The number of carbonyl (C=O) groups is 1. The van der Waals surface area contributed by atoms with Crippen molar-refractivity contribution in [3.05, 3.63) is 24.0 Å². The number of ether oxygens (including phenoxy) is 1. The van der Waals surface area contributed by atoms with Gasteiger partial charge in [0.15, 0.2) is 0 Å². The summed E-state index contributed by atoms with van der Waals surface area (Å²) >= 11 is 0. The average Bonchev–Trinajstić information content (AvgIpc) is 3.02. The minimum absolute atomic E-state index is 0.127. The molecule has 0 saturated carbocycles. The van der Waals surface area contributed by atoms with E-state index in [0.29, 0.717) is 5.92 Å². The van der Waals surface area contributed by atoms with Crippen molar-refractivity contribution in [2.45, 2.75) is 32.2 Å². The van der Waals surface area contributed by atoms with Gasteiger partial charge < -0.3 is 20.3 Å². The number of nitrogens with one attached hydrogen (secondary N) is 2. The van der Waals surface area contributed by atoms with E-state index in [0.717, 1.165) is 57.1 Å². The Balaban J connectivity index is 1.38. The van der Waals surface area contributed by atoms with Crippen molar-refractivity contribution in [3.63, 3.8) is 0 Å². The van der Waals surface area contributed by atoms with Crippen LogP contribution < -0.4 is 10.6 Å². The Morgan fingerprint density at radius 2 is 2.22 bits per heavy atom. The molecule has 1 atom stereocenters. The number of likely N-dealkylation sites (tertiary alicyclic amines) is 1. The highest BCUT2D eigenvalue weighted by Gasteiger charge is 2.24. The Morgan fingerprint density at radius 1 is 1.39 bits per heavy atom. The quantitative estimate of drug-likeness (QED) is 0.891. The zero-order chi connectivity index (χ0) is 16.1. The smallest absolute Gasteiger partial charge is 0.319 e. The van der Waals surface area contributed by atoms with Gasteiger partial charge in [-0.25, -0.2) is 4.79 Å². The van der Waals surface area contributed by atoms with Crippen LogP contribution in [0.15, 0.2) is 18.3 Å². The van der Waals surface area contributed by atoms with E-state index in [1.807, 2.05) is 13.0 Å². The fourth-order valence-electron chi connectivity index (χ4n) is 3.33. The van der Waals surface area contributed by atoms with Crippen LogP contribution in [0, 0.1) is 12.8 Å². The van der Waals surface area contributed by atoms with Crippen LogP contribution in [-0.2, 0) is 4.74 Å². The van der Waals surface area contributed by atoms with E-state index in [4.69, 9.17) is 4.74 Å². The van der Waals surface area contributed by atoms with Gasteiger partial charge >= 0.3 is 6.03 Å². The molecule has 6 heteroatoms. The topological polar surface area (TPSA) is 66.5 Å². The third kappa shape index (κ3) is 4.91. The Kier molecular flexibility index (Phi) is 5.46. The monoisotopic (exact) mass is 318 g/mol. The zero-order valence-corrected chi connectivity index (χ0v) is 13.8. The molecule has 0 radical (unpaired) electrons. The van der Waals surface area contributed by atoms with Crippen molar-refractivity contribution in [1.82, 2.24) is 15.2 Å². The highest BCUT2D eigenvalue weighted by atomic mass is 16.5. The largest absolute Gasteiger partial charge is 0.381 e. The van der Waals surface area contributed by atoms with Crippen LogP contribution in [0.25, 0.3) is 0 Å². The third-order valence-corrected chi connectivity index (χ3v) is 4.62. The maximum absolute atomic E-state index is 12.1. The second kappa shape index (κ2) is 7.75. The van der Waals surface area contributed by atoms with Gasteiger partial charge in [-0.2, -0.15) is 0 Å². The minimum atomic E-state index is -0.127. The number of aromatic nitrogens is 1. The molecular formula is C17H26N4O2. The summed E-state index contributed by atoms with van der Waals surface area (Å²) < 4.78 is 5.44. The van der Waals surface area contributed by atoms with E-state index in [1.165, 1.54) is 6.42 Å². The highest BCUT2D eigenvalue weighted by Crippen LogP contribution is 2.18. The summed E-state index contributed by atoms with van der Waals surface area (Å²) in [5.74, 6) is 0.692. The molecule has 1 aromatic heterocycles. The van der Waals surface area contributed by atoms with Crippen LogP contribution in [0.5, 0.6) is 0 Å². The number of piperidine rings is 1. The Labute approximate surface area is 137 Å². The molecule has 23 heavy (non-hydrogen) atoms. The Morgan fingerprint density at radius 3 is 2.91 bits per heavy atom. The predicted molar refractivity (Wildman–Crippen MR) is 89.5 cm³/mol. The summed E-state index contributed by atoms with van der Waals surface area (Å²) in [5.41, 5.74) is 1.68. The van der Waals surface area contributed by atoms with Crippen LogP contribution >= 0.6 is 0 Å². The second-order valence-electron chi connectivity index (χ2n) is 6.59. The Bertz CT molecular complexity index is 523. The number of aryl methyl sites for hydroxylation is 1. The summed E-state index contributed by atoms with van der Waals surface area (Å²) in [5, 5.41) is 5.96. The van der Waals surface area contributed by atoms with E-state index in [9.17, 15) is 4.79 Å². The first-order valence-electron chi connectivity index (χ1n) is 8.49. The van der Waals surface area contributed by atoms with Crippen molar-refractivity contribution >= 4 is 11.7 Å². The van der Waals surface area contributed by atoms with E-state index < -0.39 is 0 Å². The van der Waals surface area contributed by atoms with Gasteiger partial charge in [-0.1, -0.05) is 0 Å². The maximum Gasteiger partial charge on any atom is 0.319 e. The number of urea groups is 1. The van der Waals surface area contributed by atoms with E-state index in [2.05, 4.69) is 20.5 Å². The summed E-state index contributed by atoms with van der Waals surface area (Å²) in [7, 11) is 0. The van der Waals surface area contributed by atoms with Gasteiger partial charge in [0.05, 0.1) is 6.61 Å². The van der Waals surface area contributed by atoms with Crippen LogP contribution in [0.4, 0.5) is 10.5 Å². The summed E-state index contributed by atoms with van der Waals surface area (Å²) in [6.45, 7) is 6.97. The molecule has 2 fully saturated rings. The Hall–Kier alpha value is -1.66. The van der Waals surface area contributed by atoms with Crippen molar-refractivity contribution < 1.29 is 9.53 Å². The lowest BCUT2D eigenvalue weighted by Gasteiger charge is -2.33. The summed E-state index contributed by atoms with van der Waals surface area (Å²) in [6.07, 6.45) is 4.91. The summed E-state index contributed by atoms with van der Waals surface area (Å²) in [6, 6.07) is 3.80. The number of amides is 2. The second-order valence-corrected chi connectivity index (χ2v) is 6.59. The van der Waals surface area contributed by atoms with Crippen LogP contribution in [0.2, 0.25) is 0 Å². The lowest BCUT2D eigenvalue weighted by atomic mass is 10.0. The van der Waals surface area contributed by atoms with Crippen molar-refractivity contribution in [1.29, 1.82) is 0 Å². The van der Waals surface area contributed by atoms with E-state index in [1.54, 1.807) is 12.3 Å². The van der Waals surface area contributed by atoms with Crippen LogP contribution in [0.1, 0.15) is 25.0 Å². The molecule has 1 unspecified atom stereocenters. The zero-order valence-electron chi connectivity index (χ0n) is 13.8. The van der Waals surface area contributed by atoms with E-state index in [-0.39, 0.29) is 12.1 Å². The first-order chi connectivity index (χ1) is 11.2. The van der Waals surface area contributed by atoms with Crippen molar-refractivity contribution in [2.24, 2.45) is 5.92 Å². The number of hydrogen-bond acceptors (Lipinski definition) is 4. The van der Waals surface area contributed by atoms with Crippen LogP contribution in [0.3, 0.4) is 0 Å². The van der Waals surface area contributed by atoms with Crippen LogP contribution in [-0.4, -0.2) is 54.8 Å². The first-order valence-corrected chi connectivity index (χ1v) is 8.49. The van der Waals surface area contributed by atoms with Crippen molar-refractivity contribution in [2.75, 3.05) is 38.2 Å². The molecule has 126 valence electrons. The fourth-order valence-corrected chi connectivity index (χ4v) is 3.33. The predicted octanol–water partition coefficient (Wildman–Crippen LogP) is 2.01. The normalized spacial score (nSPS) is 22.9. The minimum Gasteiger partial charge on any atom is -0.381 e. The lowest BCUT2D eigenvalue weighted by molar-refractivity contribution is 0.148. The molecule has 3 heterocycles. The average molecular weight is 318 g/mol. The standard InChI is InChI=1S/C17H26N4O2/c1-13-10-16(2-6-18-13)20-17(22)19-15-3-7-21(8-4-15)11-14-5-9-23-12-14/h2,6,10,14-15H,3-5,7-9,11-12H2,1H3,(H2,18,19,20,22). The number of nitrogens with zero attached hydrogens (tertiary/aromatic N) is 2. The van der Waals surface area contributed by atoms with Gasteiger partial charge in [0, 0.05) is 49.9 Å². The van der Waals surface area contributed by atoms with Gasteiger partial charge in [0.1, 0.15) is 0 Å². The third-order valence-electron chi connectivity index (χ3n) is 4.62. The maximum atomic E-state index is 12.1. The lowest BCUT2D eigenvalue weighted by Crippen LogP contribution is -2.47. The molecule has 3 rings (SSSR count). The van der Waals surface area contributed by atoms with Gasteiger partial charge in [-0.05, 0) is 44.2 Å². The molecule has 1 aromatic rings. The number of pyridine rings is 1. The first kappa shape index (κ1) is 16.2. The SMILES string of the molecule is Cc1cc(NC(=O)NC2CCN(CC3CCOC3)CC2)ccn1. The number of carbonyl (C=O) groups excluding carboxylic acids is 1. The molecule has 2 N–H and O–H groups in total. The van der Waals surface area contributed by atoms with Gasteiger partial charge in [0.25, 0.3) is 0 Å². The molecule has 0 spiro atoms. The summed E-state index contributed by atoms with van der Waals surface area (Å²) in [4.78, 5) is 18.7. The molecule has 6 nitrogen and oxygen atoms in total. The molecular weight excluding hydrogens is 292 g/mol. The van der Waals surface area contributed by atoms with Crippen molar-refractivity contribution in [3.8, 4) is 0 Å². The molecule has 0 bridgehead atoms. The fraction of sp³-hybridized carbons (Fsp3) is 0.647. The highest BCUT2D eigenvalue weighted by molar-refractivity contribution is 5.89. The molecule has 2 amide bonds. The van der Waals surface area contributed by atoms with Gasteiger partial charge in [-0.3, -0.25) is 4.98 Å². The number of hydrogen-bond donors (Lipinski definition) is 2. The molecule has 0 aromatic carbocycles. The van der Waals surface area contributed by atoms with Gasteiger partial charge in [0.2, 0.25) is 0 Å². The molecule has 2 aliphatic rings. The number of rotatable bonds is 4. The van der Waals surface area contributed by atoms with Gasteiger partial charge in [-0.15, -0.1) is 0 Å². The molecule has 2 aliphatic heterocycles. The molecule has 2 saturated heterocycles.